The quantitative estimate of drug-likeness (QED) is 0.351. The molecule has 1 aromatic heterocycles. The molecule has 2 amide bonds. The number of halogens is 1. The van der Waals surface area contributed by atoms with Crippen molar-refractivity contribution in [2.45, 2.75) is 20.4 Å². The minimum Gasteiger partial charge on any atom is -0.383 e. The summed E-state index contributed by atoms with van der Waals surface area (Å²) < 4.78 is 20.7. The van der Waals surface area contributed by atoms with Gasteiger partial charge in [0.2, 0.25) is 0 Å². The van der Waals surface area contributed by atoms with E-state index in [9.17, 15) is 14.0 Å². The van der Waals surface area contributed by atoms with Crippen LogP contribution in [0.25, 0.3) is 10.9 Å². The van der Waals surface area contributed by atoms with Gasteiger partial charge in [0.05, 0.1) is 6.61 Å². The Morgan fingerprint density at radius 2 is 1.77 bits per heavy atom. The zero-order valence-electron chi connectivity index (χ0n) is 20.0. The van der Waals surface area contributed by atoms with Crippen molar-refractivity contribution >= 4 is 28.4 Å². The number of carbonyl (C=O) groups excluding carboxylic acids is 2. The van der Waals surface area contributed by atoms with Crippen molar-refractivity contribution in [2.24, 2.45) is 0 Å². The van der Waals surface area contributed by atoms with Crippen LogP contribution >= 0.6 is 0 Å². The van der Waals surface area contributed by atoms with Gasteiger partial charge in [-0.3, -0.25) is 9.59 Å². The van der Waals surface area contributed by atoms with Crippen molar-refractivity contribution in [1.82, 2.24) is 9.88 Å². The maximum atomic E-state index is 13.8. The van der Waals surface area contributed by atoms with E-state index in [1.807, 2.05) is 48.7 Å². The summed E-state index contributed by atoms with van der Waals surface area (Å²) >= 11 is 0. The number of fused-ring (bicyclic) bond motifs is 1. The van der Waals surface area contributed by atoms with Crippen molar-refractivity contribution in [2.75, 3.05) is 25.6 Å². The van der Waals surface area contributed by atoms with E-state index in [2.05, 4.69) is 10.6 Å². The topological polar surface area (TPSA) is 72.4 Å². The van der Waals surface area contributed by atoms with Crippen LogP contribution in [0.2, 0.25) is 0 Å². The van der Waals surface area contributed by atoms with E-state index in [1.54, 1.807) is 31.4 Å². The van der Waals surface area contributed by atoms with Gasteiger partial charge in [0.25, 0.3) is 11.8 Å². The van der Waals surface area contributed by atoms with E-state index < -0.39 is 0 Å². The molecule has 3 aromatic carbocycles. The Bertz CT molecular complexity index is 1390. The Morgan fingerprint density at radius 3 is 2.51 bits per heavy atom. The zero-order chi connectivity index (χ0) is 24.9. The Balaban J connectivity index is 1.66. The lowest BCUT2D eigenvalue weighted by Gasteiger charge is -2.12. The number of rotatable bonds is 8. The van der Waals surface area contributed by atoms with Gasteiger partial charge >= 0.3 is 0 Å². The zero-order valence-corrected chi connectivity index (χ0v) is 20.0. The SMILES string of the molecule is COCCNC(=O)c1cc2cc(NC(=O)c3ccc(C)c(C)c3)ccc2n1Cc1cccc(F)c1. The number of carbonyl (C=O) groups is 2. The number of methoxy groups -OCH3 is 1. The van der Waals surface area contributed by atoms with E-state index in [0.29, 0.717) is 36.6 Å². The number of ether oxygens (including phenoxy) is 1. The fourth-order valence-electron chi connectivity index (χ4n) is 3.97. The predicted octanol–water partition coefficient (Wildman–Crippen LogP) is 5.07. The largest absolute Gasteiger partial charge is 0.383 e. The summed E-state index contributed by atoms with van der Waals surface area (Å²) in [5, 5.41) is 6.58. The van der Waals surface area contributed by atoms with Gasteiger partial charge in [0.15, 0.2) is 0 Å². The molecule has 7 heteroatoms. The molecule has 0 radical (unpaired) electrons. The Morgan fingerprint density at radius 1 is 0.943 bits per heavy atom. The molecule has 35 heavy (non-hydrogen) atoms. The van der Waals surface area contributed by atoms with Crippen molar-refractivity contribution in [3.63, 3.8) is 0 Å². The molecule has 0 saturated carbocycles. The molecule has 1 heterocycles. The molecule has 0 atom stereocenters. The number of aryl methyl sites for hydroxylation is 2. The van der Waals surface area contributed by atoms with Crippen LogP contribution in [0.4, 0.5) is 10.1 Å². The Hall–Kier alpha value is -3.97. The highest BCUT2D eigenvalue weighted by molar-refractivity contribution is 6.06. The second-order valence-electron chi connectivity index (χ2n) is 8.52. The normalized spacial score (nSPS) is 11.0. The number of hydrogen-bond donors (Lipinski definition) is 2. The third kappa shape index (κ3) is 5.58. The lowest BCUT2D eigenvalue weighted by molar-refractivity contribution is 0.0928. The number of nitrogens with one attached hydrogen (secondary N) is 2. The van der Waals surface area contributed by atoms with Gasteiger partial charge in [0, 0.05) is 42.4 Å². The average molecular weight is 474 g/mol. The van der Waals surface area contributed by atoms with Crippen LogP contribution in [0.3, 0.4) is 0 Å². The summed E-state index contributed by atoms with van der Waals surface area (Å²) in [6.07, 6.45) is 0. The van der Waals surface area contributed by atoms with E-state index >= 15 is 0 Å². The average Bonchev–Trinajstić information content (AvgIpc) is 3.18. The van der Waals surface area contributed by atoms with Gasteiger partial charge in [0.1, 0.15) is 11.5 Å². The third-order valence-corrected chi connectivity index (χ3v) is 5.98. The summed E-state index contributed by atoms with van der Waals surface area (Å²) in [5.74, 6) is -0.791. The molecule has 0 spiro atoms. The first-order valence-corrected chi connectivity index (χ1v) is 11.4. The maximum Gasteiger partial charge on any atom is 0.268 e. The molecule has 2 N–H and O–H groups in total. The molecular formula is C28H28FN3O3. The van der Waals surface area contributed by atoms with Crippen molar-refractivity contribution < 1.29 is 18.7 Å². The van der Waals surface area contributed by atoms with Crippen LogP contribution in [0, 0.1) is 19.7 Å². The fraction of sp³-hybridized carbons (Fsp3) is 0.214. The molecule has 0 bridgehead atoms. The van der Waals surface area contributed by atoms with E-state index in [-0.39, 0.29) is 17.6 Å². The van der Waals surface area contributed by atoms with Crippen molar-refractivity contribution in [3.8, 4) is 0 Å². The lowest BCUT2D eigenvalue weighted by atomic mass is 10.1. The van der Waals surface area contributed by atoms with Gasteiger partial charge in [-0.2, -0.15) is 0 Å². The van der Waals surface area contributed by atoms with E-state index in [0.717, 1.165) is 27.6 Å². The molecule has 0 unspecified atom stereocenters. The standard InChI is InChI=1S/C28H28FN3O3/c1-18-7-8-21(13-19(18)2)27(33)31-24-9-10-25-22(15-24)16-26(28(34)30-11-12-35-3)32(25)17-20-5-4-6-23(29)14-20/h4-10,13-16H,11-12,17H2,1-3H3,(H,30,34)(H,31,33). The van der Waals surface area contributed by atoms with Crippen LogP contribution in [-0.2, 0) is 11.3 Å². The van der Waals surface area contributed by atoms with Crippen molar-refractivity contribution in [1.29, 1.82) is 0 Å². The van der Waals surface area contributed by atoms with Gasteiger partial charge < -0.3 is 19.9 Å². The summed E-state index contributed by atoms with van der Waals surface area (Å²) in [6, 6.07) is 19.2. The first kappa shape index (κ1) is 24.2. The number of nitrogens with zero attached hydrogens (tertiary/aromatic N) is 1. The summed E-state index contributed by atoms with van der Waals surface area (Å²) in [5.41, 5.74) is 5.35. The van der Waals surface area contributed by atoms with E-state index in [4.69, 9.17) is 4.74 Å². The molecule has 0 aliphatic carbocycles. The number of anilines is 1. The summed E-state index contributed by atoms with van der Waals surface area (Å²) in [7, 11) is 1.57. The van der Waals surface area contributed by atoms with Gasteiger partial charge in [-0.15, -0.1) is 0 Å². The highest BCUT2D eigenvalue weighted by Crippen LogP contribution is 2.26. The van der Waals surface area contributed by atoms with Crippen LogP contribution in [-0.4, -0.2) is 36.6 Å². The van der Waals surface area contributed by atoms with Crippen LogP contribution in [0.5, 0.6) is 0 Å². The molecule has 4 rings (SSSR count). The van der Waals surface area contributed by atoms with Crippen LogP contribution in [0.15, 0.2) is 66.7 Å². The Kier molecular flexibility index (Phi) is 7.27. The number of amides is 2. The Labute approximate surface area is 203 Å². The minimum absolute atomic E-state index is 0.204. The van der Waals surface area contributed by atoms with Gasteiger partial charge in [-0.25, -0.2) is 4.39 Å². The number of benzene rings is 3. The minimum atomic E-state index is -0.332. The molecule has 4 aromatic rings. The van der Waals surface area contributed by atoms with Gasteiger partial charge in [-0.1, -0.05) is 18.2 Å². The first-order valence-electron chi connectivity index (χ1n) is 11.4. The molecule has 0 fully saturated rings. The third-order valence-electron chi connectivity index (χ3n) is 5.98. The monoisotopic (exact) mass is 473 g/mol. The molecule has 0 saturated heterocycles. The fourth-order valence-corrected chi connectivity index (χ4v) is 3.97. The highest BCUT2D eigenvalue weighted by atomic mass is 19.1. The molecule has 0 aliphatic heterocycles. The van der Waals surface area contributed by atoms with Crippen LogP contribution < -0.4 is 10.6 Å². The van der Waals surface area contributed by atoms with Gasteiger partial charge in [-0.05, 0) is 79.1 Å². The summed E-state index contributed by atoms with van der Waals surface area (Å²) in [4.78, 5) is 25.7. The van der Waals surface area contributed by atoms with E-state index in [1.165, 1.54) is 12.1 Å². The number of hydrogen-bond acceptors (Lipinski definition) is 3. The molecule has 6 nitrogen and oxygen atoms in total. The highest BCUT2D eigenvalue weighted by Gasteiger charge is 2.17. The maximum absolute atomic E-state index is 13.8. The first-order chi connectivity index (χ1) is 16.9. The smallest absolute Gasteiger partial charge is 0.268 e. The van der Waals surface area contributed by atoms with Crippen molar-refractivity contribution in [3.05, 3.63) is 100 Å². The number of aromatic nitrogens is 1. The molecular weight excluding hydrogens is 445 g/mol. The summed E-state index contributed by atoms with van der Waals surface area (Å²) in [6.45, 7) is 5.06. The predicted molar refractivity (Wildman–Crippen MR) is 136 cm³/mol. The van der Waals surface area contributed by atoms with Crippen LogP contribution in [0.1, 0.15) is 37.5 Å². The second-order valence-corrected chi connectivity index (χ2v) is 8.52. The molecule has 0 aliphatic rings. The lowest BCUT2D eigenvalue weighted by Crippen LogP contribution is -2.29. The second kappa shape index (κ2) is 10.5. The molecule has 180 valence electrons.